The Kier molecular flexibility index (Phi) is 2.43. The molecule has 0 N–H and O–H groups in total. The van der Waals surface area contributed by atoms with Gasteiger partial charge < -0.3 is 4.90 Å². The van der Waals surface area contributed by atoms with Crippen molar-refractivity contribution in [1.82, 2.24) is 4.90 Å². The topological polar surface area (TPSA) is 15.6 Å². The molecule has 2 heterocycles. The predicted octanol–water partition coefficient (Wildman–Crippen LogP) is 2.76. The zero-order valence-electron chi connectivity index (χ0n) is 9.73. The molecule has 0 spiro atoms. The Bertz CT molecular complexity index is 453. The van der Waals surface area contributed by atoms with Crippen LogP contribution in [-0.4, -0.2) is 29.7 Å². The molecule has 0 saturated carbocycles. The largest absolute Gasteiger partial charge is 0.348 e. The smallest absolute Gasteiger partial charge is 0.160 e. The summed E-state index contributed by atoms with van der Waals surface area (Å²) in [6.07, 6.45) is 0. The van der Waals surface area contributed by atoms with Crippen molar-refractivity contribution in [2.75, 3.05) is 19.6 Å². The summed E-state index contributed by atoms with van der Waals surface area (Å²) in [5, 5.41) is 1.84. The molecule has 1 atom stereocenters. The highest BCUT2D eigenvalue weighted by molar-refractivity contribution is 8.14. The Morgan fingerprint density at radius 3 is 3.06 bits per heavy atom. The average molecular weight is 232 g/mol. The van der Waals surface area contributed by atoms with Crippen LogP contribution in [0.1, 0.15) is 21.9 Å². The number of aliphatic imine (C=N–C) groups is 1. The van der Waals surface area contributed by atoms with Gasteiger partial charge in [-0.25, -0.2) is 0 Å². The lowest BCUT2D eigenvalue weighted by molar-refractivity contribution is 0.476. The monoisotopic (exact) mass is 232 g/mol. The summed E-state index contributed by atoms with van der Waals surface area (Å²) < 4.78 is 0. The van der Waals surface area contributed by atoms with E-state index in [0.717, 1.165) is 19.6 Å². The van der Waals surface area contributed by atoms with Gasteiger partial charge in [-0.3, -0.25) is 4.99 Å². The van der Waals surface area contributed by atoms with Crippen molar-refractivity contribution in [3.05, 3.63) is 34.9 Å². The van der Waals surface area contributed by atoms with Crippen molar-refractivity contribution in [3.8, 4) is 0 Å². The van der Waals surface area contributed by atoms with Crippen molar-refractivity contribution >= 4 is 16.9 Å². The molecule has 2 aliphatic heterocycles. The van der Waals surface area contributed by atoms with Crippen molar-refractivity contribution in [3.63, 3.8) is 0 Å². The van der Waals surface area contributed by atoms with Gasteiger partial charge in [0, 0.05) is 13.1 Å². The highest BCUT2D eigenvalue weighted by atomic mass is 32.2. The quantitative estimate of drug-likeness (QED) is 0.740. The van der Waals surface area contributed by atoms with Gasteiger partial charge in [0.05, 0.1) is 11.8 Å². The third-order valence-corrected chi connectivity index (χ3v) is 4.80. The number of fused-ring (bicyclic) bond motifs is 1. The number of hydrogen-bond donors (Lipinski definition) is 0. The Morgan fingerprint density at radius 2 is 2.25 bits per heavy atom. The molecule has 3 heteroatoms. The lowest BCUT2D eigenvalue weighted by atomic mass is 10.0. The van der Waals surface area contributed by atoms with E-state index in [1.165, 1.54) is 21.9 Å². The highest BCUT2D eigenvalue weighted by Crippen LogP contribution is 2.41. The van der Waals surface area contributed by atoms with Crippen LogP contribution in [0.4, 0.5) is 0 Å². The maximum atomic E-state index is 4.53. The van der Waals surface area contributed by atoms with Gasteiger partial charge in [0.1, 0.15) is 0 Å². The third-order valence-electron chi connectivity index (χ3n) is 3.51. The van der Waals surface area contributed by atoms with Crippen LogP contribution >= 0.6 is 11.8 Å². The van der Waals surface area contributed by atoms with E-state index in [2.05, 4.69) is 41.9 Å². The molecule has 0 aliphatic carbocycles. The number of thioether (sulfide) groups is 1. The number of rotatable bonds is 1. The molecule has 0 radical (unpaired) electrons. The van der Waals surface area contributed by atoms with E-state index in [1.54, 1.807) is 0 Å². The molecule has 0 bridgehead atoms. The second-order valence-corrected chi connectivity index (χ2v) is 5.68. The fourth-order valence-electron chi connectivity index (χ4n) is 2.39. The molecule has 1 fully saturated rings. The Morgan fingerprint density at radius 1 is 1.38 bits per heavy atom. The first-order chi connectivity index (χ1) is 7.75. The van der Waals surface area contributed by atoms with E-state index in [0.29, 0.717) is 5.25 Å². The van der Waals surface area contributed by atoms with Crippen LogP contribution in [0.5, 0.6) is 0 Å². The minimum absolute atomic E-state index is 0.582. The third kappa shape index (κ3) is 1.54. The second-order valence-electron chi connectivity index (χ2n) is 4.51. The van der Waals surface area contributed by atoms with Crippen molar-refractivity contribution in [1.29, 1.82) is 0 Å². The fourth-order valence-corrected chi connectivity index (χ4v) is 3.76. The molecule has 1 unspecified atom stereocenters. The van der Waals surface area contributed by atoms with Crippen molar-refractivity contribution in [2.45, 2.75) is 19.1 Å². The standard InChI is InChI=1S/C13H16N2S/c1-9-4-3-5-11(10(9)2)12-8-15-7-6-14-13(15)16-12/h3-5,12H,6-8H2,1-2H3. The van der Waals surface area contributed by atoms with E-state index in [9.17, 15) is 0 Å². The van der Waals surface area contributed by atoms with Gasteiger partial charge in [0.25, 0.3) is 0 Å². The first-order valence-electron chi connectivity index (χ1n) is 5.78. The van der Waals surface area contributed by atoms with Crippen molar-refractivity contribution < 1.29 is 0 Å². The minimum atomic E-state index is 0.582. The summed E-state index contributed by atoms with van der Waals surface area (Å²) in [6.45, 7) is 7.66. The van der Waals surface area contributed by atoms with Gasteiger partial charge in [-0.2, -0.15) is 0 Å². The Hall–Kier alpha value is -0.960. The van der Waals surface area contributed by atoms with Crippen LogP contribution in [-0.2, 0) is 0 Å². The van der Waals surface area contributed by atoms with Crippen molar-refractivity contribution in [2.24, 2.45) is 4.99 Å². The number of benzene rings is 1. The molecule has 2 aliphatic rings. The van der Waals surface area contributed by atoms with Crippen LogP contribution in [0.2, 0.25) is 0 Å². The molecule has 0 aromatic heterocycles. The number of hydrogen-bond acceptors (Lipinski definition) is 3. The maximum absolute atomic E-state index is 4.53. The normalized spacial score (nSPS) is 23.5. The van der Waals surface area contributed by atoms with Crippen LogP contribution in [0.3, 0.4) is 0 Å². The van der Waals surface area contributed by atoms with Crippen LogP contribution in [0.15, 0.2) is 23.2 Å². The molecule has 2 nitrogen and oxygen atoms in total. The van der Waals surface area contributed by atoms with Crippen LogP contribution in [0.25, 0.3) is 0 Å². The molecule has 1 saturated heterocycles. The number of nitrogens with zero attached hydrogens (tertiary/aromatic N) is 2. The van der Waals surface area contributed by atoms with Gasteiger partial charge in [0.2, 0.25) is 0 Å². The van der Waals surface area contributed by atoms with Gasteiger partial charge in [-0.1, -0.05) is 30.0 Å². The van der Waals surface area contributed by atoms with Gasteiger partial charge in [-0.05, 0) is 30.5 Å². The van der Waals surface area contributed by atoms with Gasteiger partial charge in [0.15, 0.2) is 5.17 Å². The molecule has 16 heavy (non-hydrogen) atoms. The molecule has 1 aromatic rings. The molecular formula is C13H16N2S. The zero-order valence-corrected chi connectivity index (χ0v) is 10.5. The van der Waals surface area contributed by atoms with E-state index in [-0.39, 0.29) is 0 Å². The minimum Gasteiger partial charge on any atom is -0.348 e. The summed E-state index contributed by atoms with van der Waals surface area (Å²) in [5.74, 6) is 0. The predicted molar refractivity (Wildman–Crippen MR) is 70.1 cm³/mol. The van der Waals surface area contributed by atoms with E-state index < -0.39 is 0 Å². The maximum Gasteiger partial charge on any atom is 0.160 e. The molecular weight excluding hydrogens is 216 g/mol. The van der Waals surface area contributed by atoms with Crippen LogP contribution < -0.4 is 0 Å². The first kappa shape index (κ1) is 10.2. The first-order valence-corrected chi connectivity index (χ1v) is 6.66. The van der Waals surface area contributed by atoms with E-state index in [1.807, 2.05) is 11.8 Å². The zero-order chi connectivity index (χ0) is 11.1. The fraction of sp³-hybridized carbons (Fsp3) is 0.462. The van der Waals surface area contributed by atoms with Gasteiger partial charge in [-0.15, -0.1) is 0 Å². The molecule has 0 amide bonds. The second kappa shape index (κ2) is 3.81. The average Bonchev–Trinajstić information content (AvgIpc) is 2.81. The van der Waals surface area contributed by atoms with Crippen LogP contribution in [0, 0.1) is 13.8 Å². The highest BCUT2D eigenvalue weighted by Gasteiger charge is 2.32. The summed E-state index contributed by atoms with van der Waals surface area (Å²) in [6, 6.07) is 6.63. The van der Waals surface area contributed by atoms with Gasteiger partial charge >= 0.3 is 0 Å². The van der Waals surface area contributed by atoms with E-state index >= 15 is 0 Å². The summed E-state index contributed by atoms with van der Waals surface area (Å²) in [5.41, 5.74) is 4.33. The summed E-state index contributed by atoms with van der Waals surface area (Å²) in [4.78, 5) is 6.94. The summed E-state index contributed by atoms with van der Waals surface area (Å²) in [7, 11) is 0. The molecule has 3 rings (SSSR count). The Balaban J connectivity index is 1.91. The lowest BCUT2D eigenvalue weighted by Gasteiger charge is -2.15. The molecule has 1 aromatic carbocycles. The summed E-state index contributed by atoms with van der Waals surface area (Å²) >= 11 is 1.93. The SMILES string of the molecule is Cc1cccc(C2CN3CCN=C3S2)c1C. The number of aryl methyl sites for hydroxylation is 1. The number of amidine groups is 1. The Labute approximate surface area is 101 Å². The van der Waals surface area contributed by atoms with E-state index in [4.69, 9.17) is 0 Å². The lowest BCUT2D eigenvalue weighted by Crippen LogP contribution is -2.21. The molecule has 84 valence electrons.